The summed E-state index contributed by atoms with van der Waals surface area (Å²) in [6.07, 6.45) is 0.173. The SMILES string of the molecule is COCC(O)CN(C)c1ccc(S(C)(=O)=O)cc1[N+](=O)[O-]. The van der Waals surface area contributed by atoms with Crippen molar-refractivity contribution >= 4 is 21.2 Å². The molecule has 0 aliphatic heterocycles. The summed E-state index contributed by atoms with van der Waals surface area (Å²) in [6, 6.07) is 3.68. The number of hydrogen-bond acceptors (Lipinski definition) is 7. The van der Waals surface area contributed by atoms with E-state index in [2.05, 4.69) is 0 Å². The van der Waals surface area contributed by atoms with Gasteiger partial charge >= 0.3 is 0 Å². The largest absolute Gasteiger partial charge is 0.389 e. The predicted octanol–water partition coefficient (Wildman–Crippen LogP) is 0.442. The van der Waals surface area contributed by atoms with Gasteiger partial charge in [-0.25, -0.2) is 8.42 Å². The molecule has 0 aromatic heterocycles. The number of methoxy groups -OCH3 is 1. The molecule has 0 heterocycles. The van der Waals surface area contributed by atoms with Gasteiger partial charge in [0.15, 0.2) is 9.84 Å². The topological polar surface area (TPSA) is 110 Å². The molecule has 1 aromatic carbocycles. The molecule has 0 saturated heterocycles. The van der Waals surface area contributed by atoms with Crippen LogP contribution < -0.4 is 4.90 Å². The number of benzene rings is 1. The molecule has 8 nitrogen and oxygen atoms in total. The van der Waals surface area contributed by atoms with Gasteiger partial charge in [-0.3, -0.25) is 10.1 Å². The van der Waals surface area contributed by atoms with E-state index in [0.717, 1.165) is 12.3 Å². The molecule has 21 heavy (non-hydrogen) atoms. The van der Waals surface area contributed by atoms with Crippen molar-refractivity contribution in [3.8, 4) is 0 Å². The van der Waals surface area contributed by atoms with Crippen molar-refractivity contribution in [2.24, 2.45) is 0 Å². The minimum atomic E-state index is -3.53. The molecule has 0 radical (unpaired) electrons. The van der Waals surface area contributed by atoms with E-state index in [1.165, 1.54) is 24.1 Å². The Hall–Kier alpha value is -1.71. The smallest absolute Gasteiger partial charge is 0.293 e. The lowest BCUT2D eigenvalue weighted by Gasteiger charge is -2.22. The number of aliphatic hydroxyl groups is 1. The van der Waals surface area contributed by atoms with Crippen molar-refractivity contribution in [1.29, 1.82) is 0 Å². The number of likely N-dealkylation sites (N-methyl/N-ethyl adjacent to an activating group) is 1. The summed E-state index contributed by atoms with van der Waals surface area (Å²) >= 11 is 0. The van der Waals surface area contributed by atoms with Crippen LogP contribution in [0.4, 0.5) is 11.4 Å². The van der Waals surface area contributed by atoms with E-state index in [1.807, 2.05) is 0 Å². The van der Waals surface area contributed by atoms with Crippen LogP contribution in [0.1, 0.15) is 0 Å². The average Bonchev–Trinajstić information content (AvgIpc) is 2.36. The van der Waals surface area contributed by atoms with E-state index in [1.54, 1.807) is 7.05 Å². The molecule has 0 saturated carbocycles. The minimum Gasteiger partial charge on any atom is -0.389 e. The summed E-state index contributed by atoms with van der Waals surface area (Å²) in [6.45, 7) is 0.215. The Balaban J connectivity index is 3.15. The van der Waals surface area contributed by atoms with Crippen LogP contribution in [0, 0.1) is 10.1 Å². The Labute approximate surface area is 123 Å². The lowest BCUT2D eigenvalue weighted by molar-refractivity contribution is -0.384. The van der Waals surface area contributed by atoms with Gasteiger partial charge in [0, 0.05) is 33.0 Å². The third kappa shape index (κ3) is 4.66. The first-order chi connectivity index (χ1) is 9.66. The number of sulfone groups is 1. The zero-order chi connectivity index (χ0) is 16.2. The number of ether oxygens (including phenoxy) is 1. The van der Waals surface area contributed by atoms with Crippen LogP contribution in [0.3, 0.4) is 0 Å². The molecular weight excluding hydrogens is 300 g/mol. The lowest BCUT2D eigenvalue weighted by atomic mass is 10.2. The number of anilines is 1. The molecule has 1 rings (SSSR count). The van der Waals surface area contributed by atoms with Gasteiger partial charge < -0.3 is 14.7 Å². The fourth-order valence-corrected chi connectivity index (χ4v) is 2.50. The summed E-state index contributed by atoms with van der Waals surface area (Å²) < 4.78 is 27.7. The van der Waals surface area contributed by atoms with Crippen LogP contribution in [-0.2, 0) is 14.6 Å². The van der Waals surface area contributed by atoms with Gasteiger partial charge in [0.1, 0.15) is 5.69 Å². The van der Waals surface area contributed by atoms with Gasteiger partial charge in [-0.05, 0) is 12.1 Å². The number of nitro groups is 1. The summed E-state index contributed by atoms with van der Waals surface area (Å²) in [5.74, 6) is 0. The summed E-state index contributed by atoms with van der Waals surface area (Å²) in [7, 11) is -0.517. The van der Waals surface area contributed by atoms with Gasteiger partial charge in [0.2, 0.25) is 0 Å². The van der Waals surface area contributed by atoms with Crippen LogP contribution in [-0.4, -0.2) is 58.1 Å². The van der Waals surface area contributed by atoms with Gasteiger partial charge in [0.25, 0.3) is 5.69 Å². The minimum absolute atomic E-state index is 0.0968. The maximum absolute atomic E-state index is 11.5. The first-order valence-electron chi connectivity index (χ1n) is 6.03. The molecule has 0 aliphatic rings. The number of aliphatic hydroxyl groups excluding tert-OH is 1. The monoisotopic (exact) mass is 318 g/mol. The highest BCUT2D eigenvalue weighted by Gasteiger charge is 2.22. The summed E-state index contributed by atoms with van der Waals surface area (Å²) in [5.41, 5.74) is -0.104. The average molecular weight is 318 g/mol. The maximum atomic E-state index is 11.5. The second-order valence-electron chi connectivity index (χ2n) is 4.67. The zero-order valence-corrected chi connectivity index (χ0v) is 12.8. The number of nitro benzene ring substituents is 1. The van der Waals surface area contributed by atoms with Crippen LogP contribution in [0.2, 0.25) is 0 Å². The van der Waals surface area contributed by atoms with E-state index in [0.29, 0.717) is 0 Å². The van der Waals surface area contributed by atoms with E-state index >= 15 is 0 Å². The maximum Gasteiger partial charge on any atom is 0.293 e. The van der Waals surface area contributed by atoms with E-state index in [4.69, 9.17) is 4.74 Å². The molecular formula is C12H18N2O6S. The van der Waals surface area contributed by atoms with Crippen LogP contribution in [0.25, 0.3) is 0 Å². The predicted molar refractivity (Wildman–Crippen MR) is 77.4 cm³/mol. The highest BCUT2D eigenvalue weighted by Crippen LogP contribution is 2.30. The van der Waals surface area contributed by atoms with Crippen molar-refractivity contribution in [2.45, 2.75) is 11.0 Å². The van der Waals surface area contributed by atoms with Gasteiger partial charge in [-0.1, -0.05) is 0 Å². The Kier molecular flexibility index (Phi) is 5.64. The molecule has 0 aliphatic carbocycles. The quantitative estimate of drug-likeness (QED) is 0.573. The van der Waals surface area contributed by atoms with Crippen LogP contribution in [0.15, 0.2) is 23.1 Å². The van der Waals surface area contributed by atoms with E-state index < -0.39 is 20.9 Å². The third-order valence-corrected chi connectivity index (χ3v) is 3.94. The Morgan fingerprint density at radius 1 is 1.48 bits per heavy atom. The highest BCUT2D eigenvalue weighted by molar-refractivity contribution is 7.90. The highest BCUT2D eigenvalue weighted by atomic mass is 32.2. The molecule has 9 heteroatoms. The first-order valence-corrected chi connectivity index (χ1v) is 7.92. The second kappa shape index (κ2) is 6.83. The zero-order valence-electron chi connectivity index (χ0n) is 12.0. The standard InChI is InChI=1S/C12H18N2O6S/c1-13(7-9(15)8-20-2)11-5-4-10(21(3,18)19)6-12(11)14(16)17/h4-6,9,15H,7-8H2,1-3H3. The van der Waals surface area contributed by atoms with Crippen LogP contribution >= 0.6 is 0 Å². The third-order valence-electron chi connectivity index (χ3n) is 2.83. The molecule has 0 amide bonds. The molecule has 1 unspecified atom stereocenters. The second-order valence-corrected chi connectivity index (χ2v) is 6.69. The number of nitrogens with zero attached hydrogens (tertiary/aromatic N) is 2. The summed E-state index contributed by atoms with van der Waals surface area (Å²) in [5, 5.41) is 20.8. The fraction of sp³-hybridized carbons (Fsp3) is 0.500. The van der Waals surface area contributed by atoms with E-state index in [-0.39, 0.29) is 29.4 Å². The first kappa shape index (κ1) is 17.3. The van der Waals surface area contributed by atoms with Gasteiger partial charge in [0.05, 0.1) is 22.5 Å². The van der Waals surface area contributed by atoms with E-state index in [9.17, 15) is 23.6 Å². The number of rotatable bonds is 7. The molecule has 1 atom stereocenters. The molecule has 0 fully saturated rings. The van der Waals surface area contributed by atoms with Gasteiger partial charge in [-0.15, -0.1) is 0 Å². The Morgan fingerprint density at radius 3 is 2.57 bits per heavy atom. The van der Waals surface area contributed by atoms with Crippen molar-refractivity contribution < 1.29 is 23.2 Å². The lowest BCUT2D eigenvalue weighted by Crippen LogP contribution is -2.32. The Morgan fingerprint density at radius 2 is 2.10 bits per heavy atom. The van der Waals surface area contributed by atoms with Crippen molar-refractivity contribution in [1.82, 2.24) is 0 Å². The van der Waals surface area contributed by atoms with Crippen molar-refractivity contribution in [3.05, 3.63) is 28.3 Å². The summed E-state index contributed by atoms with van der Waals surface area (Å²) in [4.78, 5) is 11.8. The molecule has 1 N–H and O–H groups in total. The van der Waals surface area contributed by atoms with Gasteiger partial charge in [-0.2, -0.15) is 0 Å². The van der Waals surface area contributed by atoms with Crippen molar-refractivity contribution in [3.63, 3.8) is 0 Å². The van der Waals surface area contributed by atoms with Crippen molar-refractivity contribution in [2.75, 3.05) is 38.5 Å². The molecule has 0 spiro atoms. The Bertz CT molecular complexity index is 616. The molecule has 0 bridgehead atoms. The number of hydrogen-bond donors (Lipinski definition) is 1. The molecule has 118 valence electrons. The normalized spacial score (nSPS) is 13.0. The fourth-order valence-electron chi connectivity index (χ4n) is 1.86. The molecule has 1 aromatic rings. The van der Waals surface area contributed by atoms with Crippen LogP contribution in [0.5, 0.6) is 0 Å².